The van der Waals surface area contributed by atoms with Gasteiger partial charge in [0.1, 0.15) is 5.75 Å². The van der Waals surface area contributed by atoms with Crippen LogP contribution in [0.5, 0.6) is 5.75 Å². The highest BCUT2D eigenvalue weighted by atomic mass is 19.4. The third-order valence-electron chi connectivity index (χ3n) is 6.15. The fourth-order valence-electron chi connectivity index (χ4n) is 3.33. The first kappa shape index (κ1) is 42.8. The molecule has 0 aliphatic carbocycles. The zero-order chi connectivity index (χ0) is 38.2. The summed E-state index contributed by atoms with van der Waals surface area (Å²) >= 11 is 0. The zero-order valence-electron chi connectivity index (χ0n) is 23.0. The van der Waals surface area contributed by atoms with Gasteiger partial charge >= 0.3 is 65.6 Å². The predicted molar refractivity (Wildman–Crippen MR) is 117 cm³/mol. The Morgan fingerprint density at radius 2 is 0.938 bits per heavy atom. The van der Waals surface area contributed by atoms with Gasteiger partial charge in [-0.2, -0.15) is 92.2 Å². The number of carbonyl (C=O) groups is 1. The summed E-state index contributed by atoms with van der Waals surface area (Å²) in [6.07, 6.45) is -21.0. The molecule has 1 rings (SSSR count). The number of methoxy groups -OCH3 is 1. The molecular weight excluding hydrogens is 735 g/mol. The monoisotopic (exact) mass is 752 g/mol. The molecule has 0 bridgehead atoms. The van der Waals surface area contributed by atoms with Crippen LogP contribution in [0.3, 0.4) is 0 Å². The van der Waals surface area contributed by atoms with Gasteiger partial charge < -0.3 is 9.47 Å². The highest BCUT2D eigenvalue weighted by molar-refractivity contribution is 5.87. The van der Waals surface area contributed by atoms with Crippen molar-refractivity contribution in [3.05, 3.63) is 35.9 Å². The van der Waals surface area contributed by atoms with Crippen LogP contribution < -0.4 is 4.74 Å². The van der Waals surface area contributed by atoms with Gasteiger partial charge in [-0.25, -0.2) is 4.79 Å². The summed E-state index contributed by atoms with van der Waals surface area (Å²) in [6, 6.07) is 4.31. The highest BCUT2D eigenvalue weighted by Crippen LogP contribution is 2.65. The maximum absolute atomic E-state index is 14.0. The number of ether oxygens (including phenoxy) is 2. The number of halogens is 21. The Bertz CT molecular complexity index is 1280. The summed E-state index contributed by atoms with van der Waals surface area (Å²) in [4.78, 5) is 11.5. The van der Waals surface area contributed by atoms with Crippen molar-refractivity contribution in [2.45, 2.75) is 85.3 Å². The van der Waals surface area contributed by atoms with E-state index in [2.05, 4.69) is 4.74 Å². The van der Waals surface area contributed by atoms with Crippen molar-refractivity contribution >= 4 is 12.0 Å². The molecule has 0 spiro atoms. The van der Waals surface area contributed by atoms with Gasteiger partial charge in [0.2, 0.25) is 0 Å². The fraction of sp³-hybridized carbons (Fsp3) is 0.625. The van der Waals surface area contributed by atoms with Crippen molar-refractivity contribution < 1.29 is 106 Å². The Morgan fingerprint density at radius 1 is 0.562 bits per heavy atom. The van der Waals surface area contributed by atoms with Crippen LogP contribution >= 0.6 is 0 Å². The average molecular weight is 752 g/mol. The van der Waals surface area contributed by atoms with E-state index >= 15 is 0 Å². The molecule has 0 aliphatic rings. The lowest BCUT2D eigenvalue weighted by Gasteiger charge is -2.44. The van der Waals surface area contributed by atoms with E-state index in [4.69, 9.17) is 4.74 Å². The molecular formula is C24H17F21O3. The first-order valence-electron chi connectivity index (χ1n) is 12.1. The van der Waals surface area contributed by atoms with E-state index in [1.54, 1.807) is 0 Å². The Balaban J connectivity index is 3.44. The number of hydrogen-bond acceptors (Lipinski definition) is 3. The molecule has 3 nitrogen and oxygen atoms in total. The molecule has 0 saturated heterocycles. The van der Waals surface area contributed by atoms with E-state index < -0.39 is 91.3 Å². The minimum Gasteiger partial charge on any atom is -0.497 e. The minimum atomic E-state index is -9.05. The summed E-state index contributed by atoms with van der Waals surface area (Å²) in [5, 5.41) is 0. The maximum atomic E-state index is 14.0. The molecule has 0 aromatic heterocycles. The van der Waals surface area contributed by atoms with Crippen LogP contribution in [0.2, 0.25) is 0 Å². The normalized spacial score (nSPS) is 15.2. The molecule has 0 atom stereocenters. The maximum Gasteiger partial charge on any atom is 0.473 e. The Morgan fingerprint density at radius 3 is 1.33 bits per heavy atom. The van der Waals surface area contributed by atoms with Crippen LogP contribution in [0.1, 0.15) is 31.2 Å². The summed E-state index contributed by atoms with van der Waals surface area (Å²) in [5.41, 5.74) is -0.189. The van der Waals surface area contributed by atoms with Crippen molar-refractivity contribution in [1.29, 1.82) is 0 Å². The number of rotatable bonds is 16. The summed E-state index contributed by atoms with van der Waals surface area (Å²) < 4.78 is 294. The molecule has 48 heavy (non-hydrogen) atoms. The van der Waals surface area contributed by atoms with Crippen LogP contribution in [0.4, 0.5) is 92.2 Å². The Labute approximate surface area is 253 Å². The van der Waals surface area contributed by atoms with Crippen molar-refractivity contribution in [3.63, 3.8) is 0 Å². The van der Waals surface area contributed by atoms with Crippen LogP contribution in [0.25, 0.3) is 6.08 Å². The smallest absolute Gasteiger partial charge is 0.473 e. The second-order valence-corrected chi connectivity index (χ2v) is 9.59. The second-order valence-electron chi connectivity index (χ2n) is 9.59. The number of carbonyl (C=O) groups excluding carboxylic acids is 1. The van der Waals surface area contributed by atoms with E-state index in [9.17, 15) is 97.0 Å². The van der Waals surface area contributed by atoms with Crippen molar-refractivity contribution in [3.8, 4) is 5.75 Å². The van der Waals surface area contributed by atoms with Crippen LogP contribution in [0.15, 0.2) is 30.3 Å². The predicted octanol–water partition coefficient (Wildman–Crippen LogP) is 10.0. The molecule has 0 aliphatic heterocycles. The van der Waals surface area contributed by atoms with Crippen molar-refractivity contribution in [2.24, 2.45) is 0 Å². The third-order valence-corrected chi connectivity index (χ3v) is 6.15. The summed E-state index contributed by atoms with van der Waals surface area (Å²) in [6.45, 7) is 0. The molecule has 1 aromatic rings. The van der Waals surface area contributed by atoms with Crippen LogP contribution in [-0.2, 0) is 9.53 Å². The highest BCUT2D eigenvalue weighted by Gasteiger charge is 2.96. The zero-order valence-corrected chi connectivity index (χ0v) is 23.0. The Hall–Kier alpha value is -3.24. The van der Waals surface area contributed by atoms with E-state index in [1.807, 2.05) is 0 Å². The van der Waals surface area contributed by atoms with Crippen molar-refractivity contribution in [2.75, 3.05) is 7.11 Å². The molecule has 278 valence electrons. The molecule has 1 aromatic carbocycles. The van der Waals surface area contributed by atoms with E-state index in [0.29, 0.717) is 6.08 Å². The average Bonchev–Trinajstić information content (AvgIpc) is 2.92. The van der Waals surface area contributed by atoms with Gasteiger partial charge in [-0.1, -0.05) is 12.1 Å². The topological polar surface area (TPSA) is 35.5 Å². The van der Waals surface area contributed by atoms with Crippen LogP contribution in [-0.4, -0.2) is 72.7 Å². The molecule has 0 saturated carbocycles. The summed E-state index contributed by atoms with van der Waals surface area (Å²) in [7, 11) is 1.16. The molecule has 24 heteroatoms. The molecule has 0 fully saturated rings. The van der Waals surface area contributed by atoms with Crippen LogP contribution in [0, 0.1) is 0 Å². The molecule has 0 heterocycles. The van der Waals surface area contributed by atoms with Gasteiger partial charge in [0.15, 0.2) is 0 Å². The number of unbranched alkanes of at least 4 members (excludes halogenated alkanes) is 1. The van der Waals surface area contributed by atoms with E-state index in [1.165, 1.54) is 0 Å². The van der Waals surface area contributed by atoms with Crippen molar-refractivity contribution in [1.82, 2.24) is 0 Å². The van der Waals surface area contributed by atoms with Gasteiger partial charge in [0, 0.05) is 18.9 Å². The standard InChI is InChI=1S/C24H17F21O3/c1-47-13-7-4-12(5-8-13)6-9-14(46)48-24(44,45)23(42,43)22(40,41)21(38,39)20(36,37)19(34,35)18(32,33)17(30,31)15(25,26)10-2-3-11-16(27,28)29/h4-9H,2-3,10-11H2,1H3. The largest absolute Gasteiger partial charge is 0.497 e. The van der Waals surface area contributed by atoms with Gasteiger partial charge in [-0.15, -0.1) is 0 Å². The molecule has 0 radical (unpaired) electrons. The molecule has 0 unspecified atom stereocenters. The first-order chi connectivity index (χ1) is 21.1. The number of hydrogen-bond donors (Lipinski definition) is 0. The number of benzene rings is 1. The minimum absolute atomic E-state index is 0.140. The molecule has 0 N–H and O–H groups in total. The number of alkyl halides is 21. The quantitative estimate of drug-likeness (QED) is 0.0731. The van der Waals surface area contributed by atoms with Gasteiger partial charge in [-0.05, 0) is 36.6 Å². The SMILES string of the molecule is COc1ccc(C=CC(=O)OC(F)(F)C(F)(F)C(F)(F)C(F)(F)C(F)(F)C(F)(F)C(F)(F)C(F)(F)C(F)(F)CCCCC(F)(F)F)cc1. The lowest BCUT2D eigenvalue weighted by molar-refractivity contribution is -0.474. The third kappa shape index (κ3) is 7.49. The van der Waals surface area contributed by atoms with Gasteiger partial charge in [-0.3, -0.25) is 0 Å². The fourth-order valence-corrected chi connectivity index (χ4v) is 3.33. The second kappa shape index (κ2) is 13.2. The Kier molecular flexibility index (Phi) is 11.8. The van der Waals surface area contributed by atoms with E-state index in [0.717, 1.165) is 31.4 Å². The summed E-state index contributed by atoms with van der Waals surface area (Å²) in [5.74, 6) is -70.2. The van der Waals surface area contributed by atoms with E-state index in [-0.39, 0.29) is 17.4 Å². The number of esters is 1. The molecule has 0 amide bonds. The lowest BCUT2D eigenvalue weighted by Crippen LogP contribution is -2.76. The van der Waals surface area contributed by atoms with Gasteiger partial charge in [0.05, 0.1) is 7.11 Å². The van der Waals surface area contributed by atoms with Gasteiger partial charge in [0.25, 0.3) is 0 Å². The lowest BCUT2D eigenvalue weighted by atomic mass is 9.86. The first-order valence-corrected chi connectivity index (χ1v) is 12.1.